The third kappa shape index (κ3) is 6.89. The number of hydrogen-bond donors (Lipinski definition) is 2. The summed E-state index contributed by atoms with van der Waals surface area (Å²) in [6.45, 7) is 10.2. The molecule has 0 aliphatic heterocycles. The first-order valence-electron chi connectivity index (χ1n) is 7.41. The summed E-state index contributed by atoms with van der Waals surface area (Å²) in [5, 5.41) is 11.8. The SMILES string of the molecule is CCC(CC)(CC(=O)O)NC(=O)C(C)OCCC(C)C. The molecule has 0 spiro atoms. The lowest BCUT2D eigenvalue weighted by molar-refractivity contribution is -0.140. The van der Waals surface area contributed by atoms with Crippen molar-refractivity contribution in [1.82, 2.24) is 5.32 Å². The second-order valence-corrected chi connectivity index (χ2v) is 5.74. The maximum absolute atomic E-state index is 12.1. The molecule has 0 saturated heterocycles. The van der Waals surface area contributed by atoms with Crippen LogP contribution in [0.15, 0.2) is 0 Å². The van der Waals surface area contributed by atoms with Crippen LogP contribution in [0.2, 0.25) is 0 Å². The van der Waals surface area contributed by atoms with Gasteiger partial charge in [0.05, 0.1) is 12.0 Å². The third-order valence-corrected chi connectivity index (χ3v) is 3.66. The summed E-state index contributed by atoms with van der Waals surface area (Å²) in [6.07, 6.45) is 1.45. The first-order valence-corrected chi connectivity index (χ1v) is 7.41. The van der Waals surface area contributed by atoms with Gasteiger partial charge >= 0.3 is 5.97 Å². The zero-order chi connectivity index (χ0) is 15.8. The lowest BCUT2D eigenvalue weighted by Gasteiger charge is -2.32. The topological polar surface area (TPSA) is 75.6 Å². The number of rotatable bonds is 10. The number of carboxylic acid groups (broad SMARTS) is 1. The molecule has 0 bridgehead atoms. The van der Waals surface area contributed by atoms with E-state index in [2.05, 4.69) is 19.2 Å². The van der Waals surface area contributed by atoms with Gasteiger partial charge < -0.3 is 15.2 Å². The lowest BCUT2D eigenvalue weighted by Crippen LogP contribution is -2.52. The van der Waals surface area contributed by atoms with E-state index in [1.807, 2.05) is 13.8 Å². The molecule has 1 unspecified atom stereocenters. The van der Waals surface area contributed by atoms with Gasteiger partial charge in [-0.2, -0.15) is 0 Å². The summed E-state index contributed by atoms with van der Waals surface area (Å²) in [4.78, 5) is 23.1. The Hall–Kier alpha value is -1.10. The molecule has 0 aliphatic carbocycles. The number of nitrogens with one attached hydrogen (secondary N) is 1. The van der Waals surface area contributed by atoms with Crippen molar-refractivity contribution < 1.29 is 19.4 Å². The molecule has 0 radical (unpaired) electrons. The Labute approximate surface area is 122 Å². The van der Waals surface area contributed by atoms with Gasteiger partial charge in [-0.1, -0.05) is 27.7 Å². The largest absolute Gasteiger partial charge is 0.481 e. The molecule has 2 N–H and O–H groups in total. The van der Waals surface area contributed by atoms with E-state index >= 15 is 0 Å². The Morgan fingerprint density at radius 2 is 1.75 bits per heavy atom. The molecule has 0 aromatic carbocycles. The summed E-state index contributed by atoms with van der Waals surface area (Å²) < 4.78 is 5.49. The van der Waals surface area contributed by atoms with Crippen LogP contribution in [0.25, 0.3) is 0 Å². The number of carbonyl (C=O) groups excluding carboxylic acids is 1. The highest BCUT2D eigenvalue weighted by Crippen LogP contribution is 2.20. The first-order chi connectivity index (χ1) is 9.26. The van der Waals surface area contributed by atoms with E-state index in [4.69, 9.17) is 9.84 Å². The van der Waals surface area contributed by atoms with Gasteiger partial charge in [0.1, 0.15) is 6.10 Å². The summed E-state index contributed by atoms with van der Waals surface area (Å²) >= 11 is 0. The van der Waals surface area contributed by atoms with Crippen molar-refractivity contribution in [2.24, 2.45) is 5.92 Å². The Morgan fingerprint density at radius 1 is 1.20 bits per heavy atom. The van der Waals surface area contributed by atoms with Gasteiger partial charge in [0.2, 0.25) is 5.91 Å². The van der Waals surface area contributed by atoms with E-state index in [0.717, 1.165) is 6.42 Å². The fourth-order valence-corrected chi connectivity index (χ4v) is 1.93. The minimum atomic E-state index is -0.901. The summed E-state index contributed by atoms with van der Waals surface area (Å²) in [7, 11) is 0. The van der Waals surface area contributed by atoms with Crippen LogP contribution in [-0.4, -0.2) is 35.2 Å². The van der Waals surface area contributed by atoms with Crippen molar-refractivity contribution in [3.8, 4) is 0 Å². The minimum absolute atomic E-state index is 0.0650. The van der Waals surface area contributed by atoms with Crippen LogP contribution >= 0.6 is 0 Å². The molecule has 118 valence electrons. The Bertz CT molecular complexity index is 311. The average molecular weight is 287 g/mol. The molecule has 0 saturated carbocycles. The van der Waals surface area contributed by atoms with Crippen molar-refractivity contribution >= 4 is 11.9 Å². The second kappa shape index (κ2) is 8.95. The van der Waals surface area contributed by atoms with Crippen LogP contribution < -0.4 is 5.32 Å². The number of carbonyl (C=O) groups is 2. The molecule has 5 nitrogen and oxygen atoms in total. The molecular weight excluding hydrogens is 258 g/mol. The van der Waals surface area contributed by atoms with E-state index in [9.17, 15) is 9.59 Å². The van der Waals surface area contributed by atoms with Crippen molar-refractivity contribution in [2.75, 3.05) is 6.61 Å². The normalized spacial score (nSPS) is 13.3. The van der Waals surface area contributed by atoms with Gasteiger partial charge in [-0.05, 0) is 32.1 Å². The van der Waals surface area contributed by atoms with Crippen LogP contribution in [0.3, 0.4) is 0 Å². The highest BCUT2D eigenvalue weighted by atomic mass is 16.5. The van der Waals surface area contributed by atoms with Gasteiger partial charge in [-0.3, -0.25) is 9.59 Å². The van der Waals surface area contributed by atoms with Crippen LogP contribution in [0.5, 0.6) is 0 Å². The van der Waals surface area contributed by atoms with Gasteiger partial charge in [-0.15, -0.1) is 0 Å². The number of carboxylic acids is 1. The average Bonchev–Trinajstić information content (AvgIpc) is 2.36. The van der Waals surface area contributed by atoms with Gasteiger partial charge in [0.15, 0.2) is 0 Å². The molecule has 1 amide bonds. The monoisotopic (exact) mass is 287 g/mol. The van der Waals surface area contributed by atoms with Gasteiger partial charge in [0.25, 0.3) is 0 Å². The minimum Gasteiger partial charge on any atom is -0.481 e. The standard InChI is InChI=1S/C15H29NO4/c1-6-15(7-2,10-13(17)18)16-14(19)12(5)20-9-8-11(3)4/h11-12H,6-10H2,1-5H3,(H,16,19)(H,17,18). The van der Waals surface area contributed by atoms with Crippen molar-refractivity contribution in [3.63, 3.8) is 0 Å². The number of aliphatic carboxylic acids is 1. The molecule has 0 aromatic heterocycles. The van der Waals surface area contributed by atoms with E-state index in [0.29, 0.717) is 25.4 Å². The van der Waals surface area contributed by atoms with Crippen LogP contribution in [0.1, 0.15) is 60.3 Å². The third-order valence-electron chi connectivity index (χ3n) is 3.66. The zero-order valence-corrected chi connectivity index (χ0v) is 13.4. The molecule has 20 heavy (non-hydrogen) atoms. The van der Waals surface area contributed by atoms with Gasteiger partial charge in [-0.25, -0.2) is 0 Å². The fraction of sp³-hybridized carbons (Fsp3) is 0.867. The first kappa shape index (κ1) is 18.9. The maximum atomic E-state index is 12.1. The molecule has 0 rings (SSSR count). The molecule has 5 heteroatoms. The van der Waals surface area contributed by atoms with Crippen molar-refractivity contribution in [1.29, 1.82) is 0 Å². The summed E-state index contributed by atoms with van der Waals surface area (Å²) in [5.74, 6) is -0.608. The zero-order valence-electron chi connectivity index (χ0n) is 13.4. The van der Waals surface area contributed by atoms with E-state index in [1.54, 1.807) is 6.92 Å². The molecule has 0 heterocycles. The van der Waals surface area contributed by atoms with Gasteiger partial charge in [0, 0.05) is 6.61 Å². The number of hydrogen-bond acceptors (Lipinski definition) is 3. The number of amides is 1. The van der Waals surface area contributed by atoms with Crippen LogP contribution in [0.4, 0.5) is 0 Å². The maximum Gasteiger partial charge on any atom is 0.305 e. The Morgan fingerprint density at radius 3 is 2.15 bits per heavy atom. The second-order valence-electron chi connectivity index (χ2n) is 5.74. The lowest BCUT2D eigenvalue weighted by atomic mass is 9.88. The fourth-order valence-electron chi connectivity index (χ4n) is 1.93. The quantitative estimate of drug-likeness (QED) is 0.647. The van der Waals surface area contributed by atoms with Crippen LogP contribution in [0, 0.1) is 5.92 Å². The molecule has 0 aromatic rings. The predicted molar refractivity (Wildman–Crippen MR) is 78.6 cm³/mol. The highest BCUT2D eigenvalue weighted by molar-refractivity contribution is 5.82. The van der Waals surface area contributed by atoms with E-state index in [-0.39, 0.29) is 12.3 Å². The predicted octanol–water partition coefficient (Wildman–Crippen LogP) is 2.59. The Kier molecular flexibility index (Phi) is 8.46. The Balaban J connectivity index is 4.47. The van der Waals surface area contributed by atoms with E-state index in [1.165, 1.54) is 0 Å². The highest BCUT2D eigenvalue weighted by Gasteiger charge is 2.32. The molecule has 1 atom stereocenters. The summed E-state index contributed by atoms with van der Waals surface area (Å²) in [6, 6.07) is 0. The van der Waals surface area contributed by atoms with Crippen molar-refractivity contribution in [2.45, 2.75) is 71.9 Å². The molecular formula is C15H29NO4. The van der Waals surface area contributed by atoms with Crippen LogP contribution in [-0.2, 0) is 14.3 Å². The van der Waals surface area contributed by atoms with E-state index < -0.39 is 17.6 Å². The number of ether oxygens (including phenoxy) is 1. The smallest absolute Gasteiger partial charge is 0.305 e. The molecule has 0 aliphatic rings. The summed E-state index contributed by atoms with van der Waals surface area (Å²) in [5.41, 5.74) is -0.682. The molecule has 0 fully saturated rings. The van der Waals surface area contributed by atoms with Crippen molar-refractivity contribution in [3.05, 3.63) is 0 Å².